The molecule has 2 aromatic carbocycles. The van der Waals surface area contributed by atoms with Crippen molar-refractivity contribution in [2.24, 2.45) is 0 Å². The van der Waals surface area contributed by atoms with Crippen LogP contribution in [-0.2, 0) is 9.53 Å². The Labute approximate surface area is 170 Å². The number of nitro groups is 1. The summed E-state index contributed by atoms with van der Waals surface area (Å²) in [6.45, 7) is 3.29. The molecule has 0 aromatic heterocycles. The molecule has 0 fully saturated rings. The molecule has 0 aliphatic carbocycles. The second-order valence-electron chi connectivity index (χ2n) is 6.80. The normalized spacial score (nSPS) is 16.1. The van der Waals surface area contributed by atoms with Crippen LogP contribution in [0.25, 0.3) is 5.70 Å². The second-order valence-corrected chi connectivity index (χ2v) is 6.80. The number of carbonyl (C=O) groups excluding carboxylic acids is 2. The SMILES string of the molecule is CC(C)OC(=O)C1=C(c2ccccc2)NC(=O)NC1c1cc([N+](=O)[O-])c(O)cc1O. The van der Waals surface area contributed by atoms with E-state index >= 15 is 0 Å². The molecule has 10 nitrogen and oxygen atoms in total. The van der Waals surface area contributed by atoms with Crippen molar-refractivity contribution in [1.82, 2.24) is 10.6 Å². The first-order chi connectivity index (χ1) is 14.2. The summed E-state index contributed by atoms with van der Waals surface area (Å²) in [6.07, 6.45) is -0.483. The third-order valence-electron chi connectivity index (χ3n) is 4.33. The van der Waals surface area contributed by atoms with Crippen LogP contribution in [0.2, 0.25) is 0 Å². The number of amides is 2. The summed E-state index contributed by atoms with van der Waals surface area (Å²) < 4.78 is 5.32. The average molecular weight is 413 g/mol. The van der Waals surface area contributed by atoms with E-state index in [4.69, 9.17) is 4.74 Å². The van der Waals surface area contributed by atoms with E-state index in [1.54, 1.807) is 44.2 Å². The summed E-state index contributed by atoms with van der Waals surface area (Å²) in [6, 6.07) is 8.25. The summed E-state index contributed by atoms with van der Waals surface area (Å²) in [4.78, 5) is 35.7. The second kappa shape index (κ2) is 8.11. The Morgan fingerprint density at radius 2 is 1.83 bits per heavy atom. The fourth-order valence-corrected chi connectivity index (χ4v) is 3.09. The van der Waals surface area contributed by atoms with Gasteiger partial charge in [0, 0.05) is 17.7 Å². The molecule has 1 aliphatic rings. The van der Waals surface area contributed by atoms with Crippen molar-refractivity contribution in [3.8, 4) is 11.5 Å². The van der Waals surface area contributed by atoms with Gasteiger partial charge in [0.15, 0.2) is 5.75 Å². The van der Waals surface area contributed by atoms with Gasteiger partial charge in [0.2, 0.25) is 0 Å². The predicted octanol–water partition coefficient (Wildman–Crippen LogP) is 2.72. The molecule has 0 spiro atoms. The Bertz CT molecular complexity index is 1050. The molecule has 1 aliphatic heterocycles. The number of benzene rings is 2. The Balaban J connectivity index is 2.26. The highest BCUT2D eigenvalue weighted by Gasteiger charge is 2.37. The van der Waals surface area contributed by atoms with Crippen LogP contribution in [0.3, 0.4) is 0 Å². The molecule has 0 saturated carbocycles. The highest BCUT2D eigenvalue weighted by atomic mass is 16.6. The van der Waals surface area contributed by atoms with Crippen LogP contribution in [0, 0.1) is 10.1 Å². The number of nitrogens with one attached hydrogen (secondary N) is 2. The van der Waals surface area contributed by atoms with Gasteiger partial charge in [-0.3, -0.25) is 10.1 Å². The van der Waals surface area contributed by atoms with E-state index in [0.29, 0.717) is 5.56 Å². The maximum absolute atomic E-state index is 12.9. The number of nitrogens with zero attached hydrogens (tertiary/aromatic N) is 1. The molecule has 30 heavy (non-hydrogen) atoms. The molecule has 2 amide bonds. The molecule has 0 radical (unpaired) electrons. The minimum atomic E-state index is -1.26. The van der Waals surface area contributed by atoms with Gasteiger partial charge in [-0.2, -0.15) is 0 Å². The van der Waals surface area contributed by atoms with E-state index in [9.17, 15) is 29.9 Å². The Kier molecular flexibility index (Phi) is 5.58. The molecule has 0 bridgehead atoms. The topological polar surface area (TPSA) is 151 Å². The van der Waals surface area contributed by atoms with Crippen molar-refractivity contribution in [3.05, 3.63) is 69.3 Å². The van der Waals surface area contributed by atoms with Gasteiger partial charge >= 0.3 is 17.7 Å². The monoisotopic (exact) mass is 413 g/mol. The van der Waals surface area contributed by atoms with E-state index in [1.165, 1.54) is 0 Å². The smallest absolute Gasteiger partial charge is 0.338 e. The third kappa shape index (κ3) is 4.02. The van der Waals surface area contributed by atoms with Crippen LogP contribution in [0.5, 0.6) is 11.5 Å². The summed E-state index contributed by atoms with van der Waals surface area (Å²) >= 11 is 0. The number of hydrogen-bond donors (Lipinski definition) is 4. The maximum atomic E-state index is 12.9. The van der Waals surface area contributed by atoms with Crippen molar-refractivity contribution >= 4 is 23.4 Å². The van der Waals surface area contributed by atoms with Gasteiger partial charge in [-0.15, -0.1) is 0 Å². The number of nitro benzene ring substituents is 1. The number of phenols is 2. The van der Waals surface area contributed by atoms with Gasteiger partial charge in [-0.05, 0) is 19.4 Å². The number of ether oxygens (including phenoxy) is 1. The predicted molar refractivity (Wildman–Crippen MR) is 105 cm³/mol. The zero-order valence-electron chi connectivity index (χ0n) is 16.1. The molecule has 2 aromatic rings. The molecule has 1 heterocycles. The van der Waals surface area contributed by atoms with Crippen LogP contribution >= 0.6 is 0 Å². The van der Waals surface area contributed by atoms with Crippen LogP contribution in [-0.4, -0.2) is 33.2 Å². The largest absolute Gasteiger partial charge is 0.507 e. The molecule has 10 heteroatoms. The third-order valence-corrected chi connectivity index (χ3v) is 4.33. The maximum Gasteiger partial charge on any atom is 0.338 e. The Morgan fingerprint density at radius 1 is 1.17 bits per heavy atom. The standard InChI is InChI=1S/C20H19N3O7/c1-10(2)30-19(26)16-17(11-6-4-3-5-7-11)21-20(27)22-18(16)12-8-13(23(28)29)15(25)9-14(12)24/h3-10,18,24-25H,1-2H3,(H2,21,22,27). The minimum absolute atomic E-state index is 0.0511. The molecule has 1 unspecified atom stereocenters. The summed E-state index contributed by atoms with van der Waals surface area (Å²) in [5.41, 5.74) is -0.234. The Morgan fingerprint density at radius 3 is 2.43 bits per heavy atom. The first kappa shape index (κ1) is 20.6. The minimum Gasteiger partial charge on any atom is -0.507 e. The van der Waals surface area contributed by atoms with Crippen molar-refractivity contribution in [3.63, 3.8) is 0 Å². The van der Waals surface area contributed by atoms with Gasteiger partial charge in [0.1, 0.15) is 5.75 Å². The van der Waals surface area contributed by atoms with Gasteiger partial charge < -0.3 is 25.6 Å². The van der Waals surface area contributed by atoms with E-state index in [2.05, 4.69) is 10.6 Å². The van der Waals surface area contributed by atoms with Crippen molar-refractivity contribution in [2.45, 2.75) is 26.0 Å². The van der Waals surface area contributed by atoms with Gasteiger partial charge in [-0.25, -0.2) is 9.59 Å². The summed E-state index contributed by atoms with van der Waals surface area (Å²) in [7, 11) is 0. The number of esters is 1. The lowest BCUT2D eigenvalue weighted by Crippen LogP contribution is -2.45. The van der Waals surface area contributed by atoms with Crippen LogP contribution < -0.4 is 10.6 Å². The van der Waals surface area contributed by atoms with E-state index < -0.39 is 46.3 Å². The number of hydrogen-bond acceptors (Lipinski definition) is 7. The van der Waals surface area contributed by atoms with Gasteiger partial charge in [0.05, 0.1) is 28.3 Å². The summed E-state index contributed by atoms with van der Waals surface area (Å²) in [5.74, 6) is -2.07. The molecule has 3 rings (SSSR count). The van der Waals surface area contributed by atoms with Crippen molar-refractivity contribution < 1.29 is 29.5 Å². The number of phenolic OH excluding ortho intramolecular Hbond substituents is 2. The fraction of sp³-hybridized carbons (Fsp3) is 0.200. The molecular formula is C20H19N3O7. The van der Waals surface area contributed by atoms with E-state index in [0.717, 1.165) is 12.1 Å². The highest BCUT2D eigenvalue weighted by molar-refractivity contribution is 6.04. The summed E-state index contributed by atoms with van der Waals surface area (Å²) in [5, 5.41) is 36.4. The lowest BCUT2D eigenvalue weighted by Gasteiger charge is -2.30. The van der Waals surface area contributed by atoms with Gasteiger partial charge in [-0.1, -0.05) is 30.3 Å². The highest BCUT2D eigenvalue weighted by Crippen LogP contribution is 2.41. The molecule has 1 atom stereocenters. The molecular weight excluding hydrogens is 394 g/mol. The van der Waals surface area contributed by atoms with E-state index in [-0.39, 0.29) is 16.8 Å². The van der Waals surface area contributed by atoms with Crippen molar-refractivity contribution in [1.29, 1.82) is 0 Å². The first-order valence-electron chi connectivity index (χ1n) is 8.97. The fourth-order valence-electron chi connectivity index (χ4n) is 3.09. The average Bonchev–Trinajstić information content (AvgIpc) is 2.67. The van der Waals surface area contributed by atoms with Gasteiger partial charge in [0.25, 0.3) is 0 Å². The number of carbonyl (C=O) groups is 2. The van der Waals surface area contributed by atoms with E-state index in [1.807, 2.05) is 0 Å². The number of aromatic hydroxyl groups is 2. The first-order valence-corrected chi connectivity index (χ1v) is 8.97. The van der Waals surface area contributed by atoms with Crippen molar-refractivity contribution in [2.75, 3.05) is 0 Å². The zero-order valence-corrected chi connectivity index (χ0v) is 16.1. The lowest BCUT2D eigenvalue weighted by atomic mass is 9.91. The number of rotatable bonds is 5. The quantitative estimate of drug-likeness (QED) is 0.334. The van der Waals surface area contributed by atoms with Crippen LogP contribution in [0.1, 0.15) is 31.0 Å². The molecule has 156 valence electrons. The molecule has 4 N–H and O–H groups in total. The van der Waals surface area contributed by atoms with Crippen LogP contribution in [0.4, 0.5) is 10.5 Å². The Hall–Kier alpha value is -4.08. The molecule has 0 saturated heterocycles. The lowest BCUT2D eigenvalue weighted by molar-refractivity contribution is -0.386. The zero-order chi connectivity index (χ0) is 22.0. The van der Waals surface area contributed by atoms with Crippen LogP contribution in [0.15, 0.2) is 48.0 Å². The number of urea groups is 1.